The second-order valence-corrected chi connectivity index (χ2v) is 5.70. The van der Waals surface area contributed by atoms with E-state index in [0.717, 1.165) is 16.5 Å². The van der Waals surface area contributed by atoms with Crippen LogP contribution in [0, 0.1) is 6.92 Å². The van der Waals surface area contributed by atoms with E-state index in [1.54, 1.807) is 17.8 Å². The van der Waals surface area contributed by atoms with Gasteiger partial charge in [0.15, 0.2) is 5.16 Å². The Morgan fingerprint density at radius 3 is 2.84 bits per heavy atom. The van der Waals surface area contributed by atoms with Crippen LogP contribution in [0.25, 0.3) is 0 Å². The normalized spacial score (nSPS) is 10.9. The summed E-state index contributed by atoms with van der Waals surface area (Å²) >= 11 is 13.7. The summed E-state index contributed by atoms with van der Waals surface area (Å²) in [6, 6.07) is 5.62. The number of nitrogens with two attached hydrogens (primary N) is 1. The van der Waals surface area contributed by atoms with Gasteiger partial charge in [0.25, 0.3) is 0 Å². The summed E-state index contributed by atoms with van der Waals surface area (Å²) in [4.78, 5) is 0. The Morgan fingerprint density at radius 1 is 1.32 bits per heavy atom. The summed E-state index contributed by atoms with van der Waals surface area (Å²) in [6.07, 6.45) is 0. The third-order valence-corrected chi connectivity index (χ3v) is 4.52. The highest BCUT2D eigenvalue weighted by atomic mass is 35.5. The number of aromatic nitrogens is 3. The van der Waals surface area contributed by atoms with Gasteiger partial charge in [0.1, 0.15) is 5.82 Å². The van der Waals surface area contributed by atoms with E-state index in [1.165, 1.54) is 0 Å². The summed E-state index contributed by atoms with van der Waals surface area (Å²) in [5.41, 5.74) is 6.57. The molecule has 0 radical (unpaired) electrons. The van der Waals surface area contributed by atoms with Gasteiger partial charge in [-0.25, -0.2) is 0 Å². The number of nitrogens with zero attached hydrogens (tertiary/aromatic N) is 3. The predicted octanol–water partition coefficient (Wildman–Crippen LogP) is 3.14. The van der Waals surface area contributed by atoms with E-state index < -0.39 is 0 Å². The maximum absolute atomic E-state index is 6.16. The van der Waals surface area contributed by atoms with Crippen LogP contribution in [0.1, 0.15) is 11.4 Å². The molecule has 0 aliphatic carbocycles. The molecule has 0 aliphatic heterocycles. The number of hydrogen-bond acceptors (Lipinski definition) is 4. The van der Waals surface area contributed by atoms with Gasteiger partial charge in [0.2, 0.25) is 0 Å². The van der Waals surface area contributed by atoms with Crippen LogP contribution in [0.3, 0.4) is 0 Å². The monoisotopic (exact) mass is 316 g/mol. The molecule has 0 spiro atoms. The Bertz CT molecular complexity index is 571. The van der Waals surface area contributed by atoms with E-state index in [0.29, 0.717) is 28.9 Å². The van der Waals surface area contributed by atoms with E-state index in [1.807, 2.05) is 23.6 Å². The molecule has 0 unspecified atom stereocenters. The maximum atomic E-state index is 6.16. The van der Waals surface area contributed by atoms with Gasteiger partial charge in [-0.3, -0.25) is 0 Å². The van der Waals surface area contributed by atoms with Crippen molar-refractivity contribution in [1.29, 1.82) is 0 Å². The molecule has 19 heavy (non-hydrogen) atoms. The molecule has 1 aromatic heterocycles. The molecule has 0 saturated carbocycles. The third kappa shape index (κ3) is 3.42. The number of hydrogen-bond donors (Lipinski definition) is 1. The highest BCUT2D eigenvalue weighted by Gasteiger charge is 2.11. The maximum Gasteiger partial charge on any atom is 0.191 e. The molecule has 2 rings (SSSR count). The first-order valence-corrected chi connectivity index (χ1v) is 7.53. The Kier molecular flexibility index (Phi) is 5.10. The van der Waals surface area contributed by atoms with Crippen molar-refractivity contribution in [2.75, 3.05) is 6.54 Å². The molecule has 0 aliphatic rings. The topological polar surface area (TPSA) is 56.7 Å². The highest BCUT2D eigenvalue weighted by Crippen LogP contribution is 2.30. The molecule has 2 aromatic rings. The van der Waals surface area contributed by atoms with Crippen LogP contribution in [0.4, 0.5) is 0 Å². The number of benzene rings is 1. The molecule has 1 aromatic carbocycles. The molecule has 0 amide bonds. The Balaban J connectivity index is 2.12. The molecule has 2 N–H and O–H groups in total. The number of thioether (sulfide) groups is 1. The van der Waals surface area contributed by atoms with Crippen LogP contribution in [0.2, 0.25) is 10.0 Å². The zero-order valence-corrected chi connectivity index (χ0v) is 12.8. The summed E-state index contributed by atoms with van der Waals surface area (Å²) in [5.74, 6) is 1.56. The molecule has 0 fully saturated rings. The smallest absolute Gasteiger partial charge is 0.191 e. The SMILES string of the molecule is Cc1nnc(SCc2cccc(Cl)c2Cl)n1CCN. The van der Waals surface area contributed by atoms with Crippen LogP contribution in [0.15, 0.2) is 23.4 Å². The van der Waals surface area contributed by atoms with Gasteiger partial charge in [-0.2, -0.15) is 0 Å². The van der Waals surface area contributed by atoms with Crippen LogP contribution in [-0.2, 0) is 12.3 Å². The van der Waals surface area contributed by atoms with Gasteiger partial charge in [-0.15, -0.1) is 10.2 Å². The molecular weight excluding hydrogens is 303 g/mol. The third-order valence-electron chi connectivity index (χ3n) is 2.64. The van der Waals surface area contributed by atoms with Crippen molar-refractivity contribution in [3.63, 3.8) is 0 Å². The summed E-state index contributed by atoms with van der Waals surface area (Å²) in [5, 5.41) is 10.2. The van der Waals surface area contributed by atoms with E-state index in [-0.39, 0.29) is 0 Å². The van der Waals surface area contributed by atoms with E-state index in [2.05, 4.69) is 10.2 Å². The molecule has 0 bridgehead atoms. The van der Waals surface area contributed by atoms with Gasteiger partial charge in [0, 0.05) is 18.8 Å². The van der Waals surface area contributed by atoms with E-state index >= 15 is 0 Å². The minimum Gasteiger partial charge on any atom is -0.329 e. The quantitative estimate of drug-likeness (QED) is 0.861. The lowest BCUT2D eigenvalue weighted by molar-refractivity contribution is 0.627. The second kappa shape index (κ2) is 6.61. The van der Waals surface area contributed by atoms with Gasteiger partial charge < -0.3 is 10.3 Å². The first-order chi connectivity index (χ1) is 9.13. The van der Waals surface area contributed by atoms with Gasteiger partial charge >= 0.3 is 0 Å². The van der Waals surface area contributed by atoms with Crippen molar-refractivity contribution in [3.8, 4) is 0 Å². The predicted molar refractivity (Wildman–Crippen MR) is 79.8 cm³/mol. The fourth-order valence-corrected chi connectivity index (χ4v) is 3.13. The highest BCUT2D eigenvalue weighted by molar-refractivity contribution is 7.98. The summed E-state index contributed by atoms with van der Waals surface area (Å²) in [6.45, 7) is 3.19. The van der Waals surface area contributed by atoms with Crippen molar-refractivity contribution in [1.82, 2.24) is 14.8 Å². The van der Waals surface area contributed by atoms with Crippen LogP contribution in [0.5, 0.6) is 0 Å². The van der Waals surface area contributed by atoms with Crippen LogP contribution < -0.4 is 5.73 Å². The molecule has 4 nitrogen and oxygen atoms in total. The summed E-state index contributed by atoms with van der Waals surface area (Å²) in [7, 11) is 0. The van der Waals surface area contributed by atoms with Crippen molar-refractivity contribution in [2.45, 2.75) is 24.4 Å². The minimum atomic E-state index is 0.560. The lowest BCUT2D eigenvalue weighted by Gasteiger charge is -2.07. The molecule has 0 atom stereocenters. The number of aryl methyl sites for hydroxylation is 1. The molecule has 7 heteroatoms. The molecule has 0 saturated heterocycles. The van der Waals surface area contributed by atoms with Crippen molar-refractivity contribution >= 4 is 35.0 Å². The average Bonchev–Trinajstić information content (AvgIpc) is 2.74. The first kappa shape index (κ1) is 14.7. The zero-order valence-electron chi connectivity index (χ0n) is 10.4. The average molecular weight is 317 g/mol. The summed E-state index contributed by atoms with van der Waals surface area (Å²) < 4.78 is 2.00. The van der Waals surface area contributed by atoms with E-state index in [4.69, 9.17) is 28.9 Å². The van der Waals surface area contributed by atoms with E-state index in [9.17, 15) is 0 Å². The Hall–Kier alpha value is -0.750. The van der Waals surface area contributed by atoms with Crippen molar-refractivity contribution in [2.24, 2.45) is 5.73 Å². The lowest BCUT2D eigenvalue weighted by Crippen LogP contribution is -2.12. The molecule has 1 heterocycles. The second-order valence-electron chi connectivity index (χ2n) is 3.97. The van der Waals surface area contributed by atoms with Crippen molar-refractivity contribution in [3.05, 3.63) is 39.6 Å². The first-order valence-electron chi connectivity index (χ1n) is 5.79. The van der Waals surface area contributed by atoms with Gasteiger partial charge in [-0.05, 0) is 18.6 Å². The minimum absolute atomic E-state index is 0.560. The number of rotatable bonds is 5. The van der Waals surface area contributed by atoms with Crippen molar-refractivity contribution < 1.29 is 0 Å². The fraction of sp³-hybridized carbons (Fsp3) is 0.333. The largest absolute Gasteiger partial charge is 0.329 e. The van der Waals surface area contributed by atoms with Gasteiger partial charge in [-0.1, -0.05) is 47.1 Å². The van der Waals surface area contributed by atoms with Gasteiger partial charge in [0.05, 0.1) is 10.0 Å². The zero-order chi connectivity index (χ0) is 13.8. The molecular formula is C12H14Cl2N4S. The Morgan fingerprint density at radius 2 is 2.11 bits per heavy atom. The Labute approximate surface area is 126 Å². The van der Waals surface area contributed by atoms with Crippen LogP contribution in [-0.4, -0.2) is 21.3 Å². The standard InChI is InChI=1S/C12H14Cl2N4S/c1-8-16-17-12(18(8)6-5-15)19-7-9-3-2-4-10(13)11(9)14/h2-4H,5-7,15H2,1H3. The lowest BCUT2D eigenvalue weighted by atomic mass is 10.2. The fourth-order valence-electron chi connectivity index (χ4n) is 1.66. The van der Waals surface area contributed by atoms with Crippen LogP contribution >= 0.6 is 35.0 Å². The molecule has 102 valence electrons. The number of halogens is 2.